The van der Waals surface area contributed by atoms with Gasteiger partial charge in [0.1, 0.15) is 11.3 Å². The fourth-order valence-electron chi connectivity index (χ4n) is 1.58. The number of alkyl halides is 1. The van der Waals surface area contributed by atoms with E-state index in [0.29, 0.717) is 5.88 Å². The maximum atomic E-state index is 5.67. The molecule has 0 atom stereocenters. The van der Waals surface area contributed by atoms with E-state index in [1.807, 2.05) is 6.07 Å². The Kier molecular flexibility index (Phi) is 2.78. The van der Waals surface area contributed by atoms with E-state index in [0.717, 1.165) is 24.2 Å². The second-order valence-electron chi connectivity index (χ2n) is 3.55. The maximum Gasteiger partial charge on any atom is 0.134 e. The maximum absolute atomic E-state index is 5.67. The molecule has 1 aromatic heterocycles. The first-order valence-electron chi connectivity index (χ1n) is 4.84. The molecule has 74 valence electrons. The van der Waals surface area contributed by atoms with Gasteiger partial charge >= 0.3 is 0 Å². The molecule has 0 saturated heterocycles. The van der Waals surface area contributed by atoms with Gasteiger partial charge in [-0.15, -0.1) is 11.6 Å². The highest BCUT2D eigenvalue weighted by molar-refractivity contribution is 6.17. The first kappa shape index (κ1) is 9.60. The third-order valence-electron chi connectivity index (χ3n) is 2.28. The molecular formula is C12H13ClO. The fraction of sp³-hybridized carbons (Fsp3) is 0.333. The van der Waals surface area contributed by atoms with E-state index < -0.39 is 0 Å². The zero-order valence-electron chi connectivity index (χ0n) is 8.22. The summed E-state index contributed by atoms with van der Waals surface area (Å²) >= 11 is 5.63. The number of furan rings is 1. The van der Waals surface area contributed by atoms with Crippen LogP contribution in [0.2, 0.25) is 0 Å². The van der Waals surface area contributed by atoms with Gasteiger partial charge < -0.3 is 4.42 Å². The highest BCUT2D eigenvalue weighted by Crippen LogP contribution is 2.21. The van der Waals surface area contributed by atoms with Gasteiger partial charge in [-0.3, -0.25) is 0 Å². The van der Waals surface area contributed by atoms with E-state index in [1.165, 1.54) is 10.9 Å². The molecule has 2 heteroatoms. The molecule has 0 fully saturated rings. The van der Waals surface area contributed by atoms with E-state index in [-0.39, 0.29) is 0 Å². The Morgan fingerprint density at radius 1 is 1.29 bits per heavy atom. The smallest absolute Gasteiger partial charge is 0.134 e. The molecule has 0 aliphatic carbocycles. The van der Waals surface area contributed by atoms with E-state index in [9.17, 15) is 0 Å². The number of rotatable bonds is 3. The molecule has 1 aromatic carbocycles. The molecule has 0 saturated carbocycles. The quantitative estimate of drug-likeness (QED) is 0.697. The summed E-state index contributed by atoms with van der Waals surface area (Å²) in [4.78, 5) is 0. The Morgan fingerprint density at radius 2 is 2.14 bits per heavy atom. The van der Waals surface area contributed by atoms with Gasteiger partial charge in [-0.2, -0.15) is 0 Å². The lowest BCUT2D eigenvalue weighted by Crippen LogP contribution is -1.81. The van der Waals surface area contributed by atoms with Crippen LogP contribution in [0.5, 0.6) is 0 Å². The number of fused-ring (bicyclic) bond motifs is 1. The molecule has 0 radical (unpaired) electrons. The van der Waals surface area contributed by atoms with Crippen molar-refractivity contribution >= 4 is 22.6 Å². The van der Waals surface area contributed by atoms with Crippen molar-refractivity contribution in [3.8, 4) is 0 Å². The summed E-state index contributed by atoms with van der Waals surface area (Å²) in [6.07, 6.45) is 1.90. The lowest BCUT2D eigenvalue weighted by atomic mass is 10.2. The molecule has 14 heavy (non-hydrogen) atoms. The van der Waals surface area contributed by atoms with Crippen LogP contribution in [0.1, 0.15) is 17.7 Å². The van der Waals surface area contributed by atoms with Gasteiger partial charge in [0, 0.05) is 17.7 Å². The van der Waals surface area contributed by atoms with Crippen LogP contribution in [0.4, 0.5) is 0 Å². The molecule has 0 N–H and O–H groups in total. The van der Waals surface area contributed by atoms with Crippen LogP contribution in [0.3, 0.4) is 0 Å². The highest BCUT2D eigenvalue weighted by Gasteiger charge is 2.02. The van der Waals surface area contributed by atoms with Crippen LogP contribution >= 0.6 is 11.6 Å². The van der Waals surface area contributed by atoms with Crippen molar-refractivity contribution in [2.45, 2.75) is 19.8 Å². The lowest BCUT2D eigenvalue weighted by molar-refractivity contribution is 0.545. The molecule has 0 bridgehead atoms. The first-order chi connectivity index (χ1) is 6.79. The van der Waals surface area contributed by atoms with Crippen molar-refractivity contribution in [3.63, 3.8) is 0 Å². The fourth-order valence-corrected chi connectivity index (χ4v) is 1.72. The normalized spacial score (nSPS) is 11.0. The lowest BCUT2D eigenvalue weighted by Gasteiger charge is -1.90. The van der Waals surface area contributed by atoms with Crippen LogP contribution < -0.4 is 0 Å². The zero-order valence-corrected chi connectivity index (χ0v) is 8.97. The molecule has 1 nitrogen and oxygen atoms in total. The zero-order chi connectivity index (χ0) is 9.97. The summed E-state index contributed by atoms with van der Waals surface area (Å²) in [5.41, 5.74) is 2.24. The molecule has 1 heterocycles. The van der Waals surface area contributed by atoms with Gasteiger partial charge in [-0.1, -0.05) is 11.6 Å². The molecule has 0 unspecified atom stereocenters. The Hall–Kier alpha value is -0.950. The average Bonchev–Trinajstić information content (AvgIpc) is 2.56. The topological polar surface area (TPSA) is 13.1 Å². The van der Waals surface area contributed by atoms with E-state index >= 15 is 0 Å². The molecule has 0 aliphatic rings. The third-order valence-corrected chi connectivity index (χ3v) is 2.55. The van der Waals surface area contributed by atoms with Gasteiger partial charge in [0.15, 0.2) is 0 Å². The average molecular weight is 209 g/mol. The van der Waals surface area contributed by atoms with Crippen molar-refractivity contribution in [1.29, 1.82) is 0 Å². The van der Waals surface area contributed by atoms with Crippen LogP contribution in [-0.4, -0.2) is 5.88 Å². The summed E-state index contributed by atoms with van der Waals surface area (Å²) in [7, 11) is 0. The van der Waals surface area contributed by atoms with Crippen molar-refractivity contribution in [2.75, 3.05) is 5.88 Å². The van der Waals surface area contributed by atoms with Crippen LogP contribution in [0.15, 0.2) is 28.7 Å². The predicted octanol–water partition coefficient (Wildman–Crippen LogP) is 3.91. The van der Waals surface area contributed by atoms with E-state index in [2.05, 4.69) is 25.1 Å². The third kappa shape index (κ3) is 1.93. The molecular weight excluding hydrogens is 196 g/mol. The van der Waals surface area contributed by atoms with Gasteiger partial charge in [-0.05, 0) is 31.5 Å². The Morgan fingerprint density at radius 3 is 2.93 bits per heavy atom. The van der Waals surface area contributed by atoms with Crippen molar-refractivity contribution in [1.82, 2.24) is 0 Å². The monoisotopic (exact) mass is 208 g/mol. The van der Waals surface area contributed by atoms with Gasteiger partial charge in [0.2, 0.25) is 0 Å². The standard InChI is InChI=1S/C12H13ClO/c1-9-4-5-12-10(7-9)8-11(14-12)3-2-6-13/h4-5,7-8H,2-3,6H2,1H3. The van der Waals surface area contributed by atoms with E-state index in [1.54, 1.807) is 0 Å². The number of aryl methyl sites for hydroxylation is 2. The van der Waals surface area contributed by atoms with Crippen LogP contribution in [-0.2, 0) is 6.42 Å². The minimum atomic E-state index is 0.691. The second kappa shape index (κ2) is 4.05. The van der Waals surface area contributed by atoms with Crippen LogP contribution in [0.25, 0.3) is 11.0 Å². The Labute approximate surface area is 88.7 Å². The van der Waals surface area contributed by atoms with E-state index in [4.69, 9.17) is 16.0 Å². The molecule has 0 spiro atoms. The molecule has 2 rings (SSSR count). The SMILES string of the molecule is Cc1ccc2oc(CCCCl)cc2c1. The van der Waals surface area contributed by atoms with Gasteiger partial charge in [-0.25, -0.2) is 0 Å². The summed E-state index contributed by atoms with van der Waals surface area (Å²) in [6.45, 7) is 2.09. The second-order valence-corrected chi connectivity index (χ2v) is 3.92. The highest BCUT2D eigenvalue weighted by atomic mass is 35.5. The summed E-state index contributed by atoms with van der Waals surface area (Å²) in [5, 5.41) is 1.19. The number of halogens is 1. The summed E-state index contributed by atoms with van der Waals surface area (Å²) in [5.74, 6) is 1.72. The number of hydrogen-bond acceptors (Lipinski definition) is 1. The van der Waals surface area contributed by atoms with Gasteiger partial charge in [0.25, 0.3) is 0 Å². The van der Waals surface area contributed by atoms with Crippen LogP contribution in [0, 0.1) is 6.92 Å². The van der Waals surface area contributed by atoms with Crippen molar-refractivity contribution in [2.24, 2.45) is 0 Å². The minimum absolute atomic E-state index is 0.691. The minimum Gasteiger partial charge on any atom is -0.461 e. The largest absolute Gasteiger partial charge is 0.461 e. The number of benzene rings is 1. The summed E-state index contributed by atoms with van der Waals surface area (Å²) in [6, 6.07) is 8.34. The van der Waals surface area contributed by atoms with Crippen molar-refractivity contribution < 1.29 is 4.42 Å². The number of hydrogen-bond donors (Lipinski definition) is 0. The van der Waals surface area contributed by atoms with Crippen molar-refractivity contribution in [3.05, 3.63) is 35.6 Å². The molecule has 0 aliphatic heterocycles. The van der Waals surface area contributed by atoms with Gasteiger partial charge in [0.05, 0.1) is 0 Å². The Bertz CT molecular complexity index is 431. The molecule has 0 amide bonds. The first-order valence-corrected chi connectivity index (χ1v) is 5.38. The predicted molar refractivity (Wildman–Crippen MR) is 60.0 cm³/mol. The molecule has 2 aromatic rings. The Balaban J connectivity index is 2.32. The summed E-state index contributed by atoms with van der Waals surface area (Å²) < 4.78 is 5.67.